The second kappa shape index (κ2) is 9.27. The molecular weight excluding hydrogens is 478 g/mol. The summed E-state index contributed by atoms with van der Waals surface area (Å²) >= 11 is 0. The summed E-state index contributed by atoms with van der Waals surface area (Å²) in [6, 6.07) is 2.80. The zero-order chi connectivity index (χ0) is 25.9. The zero-order valence-electron chi connectivity index (χ0n) is 21.5. The second-order valence-electron chi connectivity index (χ2n) is 12.0. The number of halogens is 2. The molecule has 2 saturated heterocycles. The van der Waals surface area contributed by atoms with Gasteiger partial charge in [-0.3, -0.25) is 4.90 Å². The first-order valence-corrected chi connectivity index (χ1v) is 13.3. The Balaban J connectivity index is 1.18. The molecule has 1 amide bonds. The van der Waals surface area contributed by atoms with Gasteiger partial charge in [-0.05, 0) is 76.1 Å². The fraction of sp³-hybridized carbons (Fsp3) is 0.607. The maximum atomic E-state index is 14.7. The second-order valence-corrected chi connectivity index (χ2v) is 12.0. The number of amides is 1. The summed E-state index contributed by atoms with van der Waals surface area (Å²) in [7, 11) is 0. The Labute approximate surface area is 216 Å². The van der Waals surface area contributed by atoms with Gasteiger partial charge in [0.15, 0.2) is 0 Å². The molecule has 1 N–H and O–H groups in total. The molecule has 2 aliphatic heterocycles. The Morgan fingerprint density at radius 2 is 2.00 bits per heavy atom. The Bertz CT molecular complexity index is 1200. The van der Waals surface area contributed by atoms with E-state index in [1.165, 1.54) is 24.1 Å². The van der Waals surface area contributed by atoms with E-state index in [1.54, 1.807) is 20.8 Å². The van der Waals surface area contributed by atoms with Crippen molar-refractivity contribution in [3.8, 4) is 0 Å². The molecule has 3 fully saturated rings. The molecule has 1 saturated carbocycles. The van der Waals surface area contributed by atoms with E-state index in [2.05, 4.69) is 15.2 Å². The molecule has 2 unspecified atom stereocenters. The van der Waals surface area contributed by atoms with Crippen molar-refractivity contribution in [2.75, 3.05) is 19.7 Å². The van der Waals surface area contributed by atoms with Crippen molar-refractivity contribution in [3.05, 3.63) is 58.7 Å². The van der Waals surface area contributed by atoms with E-state index in [4.69, 9.17) is 14.5 Å². The van der Waals surface area contributed by atoms with Gasteiger partial charge in [-0.2, -0.15) is 0 Å². The van der Waals surface area contributed by atoms with Gasteiger partial charge in [0.1, 0.15) is 29.2 Å². The lowest BCUT2D eigenvalue weighted by Crippen LogP contribution is -2.52. The topological polar surface area (TPSA) is 76.6 Å². The number of hydrogen-bond donors (Lipinski definition) is 1. The highest BCUT2D eigenvalue weighted by Gasteiger charge is 2.46. The van der Waals surface area contributed by atoms with E-state index < -0.39 is 35.5 Å². The van der Waals surface area contributed by atoms with Crippen LogP contribution in [0.3, 0.4) is 0 Å². The number of alkyl carbamates (subject to hydrolysis) is 1. The average molecular weight is 513 g/mol. The molecule has 2 aromatic rings. The van der Waals surface area contributed by atoms with Crippen LogP contribution in [-0.4, -0.2) is 58.3 Å². The first kappa shape index (κ1) is 24.7. The number of ether oxygens (including phenoxy) is 2. The molecule has 2 aliphatic carbocycles. The lowest BCUT2D eigenvalue weighted by molar-refractivity contribution is -0.0580. The number of aromatic nitrogens is 2. The van der Waals surface area contributed by atoms with Crippen LogP contribution in [0.25, 0.3) is 0 Å². The Hall–Kier alpha value is -2.65. The number of benzene rings is 1. The normalized spacial score (nSPS) is 29.6. The molecule has 6 rings (SSSR count). The number of rotatable bonds is 4. The van der Waals surface area contributed by atoms with Gasteiger partial charge in [0.05, 0.1) is 12.6 Å². The van der Waals surface area contributed by atoms with Crippen LogP contribution in [0.2, 0.25) is 0 Å². The maximum Gasteiger partial charge on any atom is 0.407 e. The van der Waals surface area contributed by atoms with E-state index in [9.17, 15) is 13.6 Å². The van der Waals surface area contributed by atoms with E-state index in [1.807, 2.05) is 6.20 Å². The van der Waals surface area contributed by atoms with Gasteiger partial charge in [0.2, 0.25) is 0 Å². The van der Waals surface area contributed by atoms with Crippen LogP contribution in [0, 0.1) is 17.6 Å². The van der Waals surface area contributed by atoms with Crippen molar-refractivity contribution in [1.29, 1.82) is 0 Å². The predicted molar refractivity (Wildman–Crippen MR) is 132 cm³/mol. The molecule has 37 heavy (non-hydrogen) atoms. The lowest BCUT2D eigenvalue weighted by atomic mass is 9.92. The van der Waals surface area contributed by atoms with Crippen LogP contribution < -0.4 is 5.32 Å². The molecular formula is C28H34F2N4O3. The summed E-state index contributed by atoms with van der Waals surface area (Å²) in [4.78, 5) is 24.6. The molecule has 1 aromatic heterocycles. The summed E-state index contributed by atoms with van der Waals surface area (Å²) in [6.45, 7) is 7.51. The van der Waals surface area contributed by atoms with Gasteiger partial charge in [0, 0.05) is 48.4 Å². The van der Waals surface area contributed by atoms with Gasteiger partial charge >= 0.3 is 6.09 Å². The summed E-state index contributed by atoms with van der Waals surface area (Å²) in [6.07, 6.45) is 4.53. The number of nitrogens with one attached hydrogen (secondary N) is 1. The van der Waals surface area contributed by atoms with Crippen molar-refractivity contribution in [2.24, 2.45) is 5.92 Å². The van der Waals surface area contributed by atoms with Crippen molar-refractivity contribution < 1.29 is 23.0 Å². The Morgan fingerprint density at radius 1 is 1.19 bits per heavy atom. The minimum Gasteiger partial charge on any atom is -0.444 e. The van der Waals surface area contributed by atoms with Gasteiger partial charge in [-0.1, -0.05) is 0 Å². The smallest absolute Gasteiger partial charge is 0.407 e. The number of fused-ring (bicyclic) bond motifs is 3. The van der Waals surface area contributed by atoms with Gasteiger partial charge in [-0.25, -0.2) is 23.5 Å². The first-order valence-electron chi connectivity index (χ1n) is 13.3. The highest BCUT2D eigenvalue weighted by molar-refractivity contribution is 5.68. The van der Waals surface area contributed by atoms with Gasteiger partial charge in [0.25, 0.3) is 0 Å². The number of nitrogens with zero attached hydrogens (tertiary/aromatic N) is 3. The summed E-state index contributed by atoms with van der Waals surface area (Å²) in [5.41, 5.74) is 1.89. The Morgan fingerprint density at radius 3 is 2.76 bits per heavy atom. The maximum absolute atomic E-state index is 14.7. The van der Waals surface area contributed by atoms with Crippen molar-refractivity contribution in [2.45, 2.75) is 82.1 Å². The van der Waals surface area contributed by atoms with Gasteiger partial charge in [-0.15, -0.1) is 0 Å². The van der Waals surface area contributed by atoms with Crippen molar-refractivity contribution in [3.63, 3.8) is 0 Å². The molecule has 0 bridgehead atoms. The van der Waals surface area contributed by atoms with Crippen LogP contribution >= 0.6 is 0 Å². The quantitative estimate of drug-likeness (QED) is 0.644. The minimum absolute atomic E-state index is 0.0357. The average Bonchev–Trinajstić information content (AvgIpc) is 3.51. The Kier molecular flexibility index (Phi) is 6.18. The van der Waals surface area contributed by atoms with Gasteiger partial charge < -0.3 is 14.8 Å². The SMILES string of the molecule is CC(C)(C)OC(=O)N[C@H]1C[C@@H](N2CC3Cc4nc(C5CC5)ncc4C3C2)CO[C@@H]1c1cc(F)ccc1F. The number of carbonyl (C=O) groups is 1. The summed E-state index contributed by atoms with van der Waals surface area (Å²) in [5, 5.41) is 2.89. The standard InChI is InChI=1S/C28H34F2N4O3/c1-28(2,3)37-27(35)33-24-10-18(14-36-25(24)19-9-17(29)6-7-22(19)30)34-12-16-8-23-20(21(16)13-34)11-31-26(32-23)15-4-5-15/h6-7,9,11,15-16,18,21,24-25H,4-5,8,10,12-14H2,1-3H3,(H,33,35)/t16?,18-,21?,24+,25-/m1/s1. The molecule has 3 heterocycles. The third-order valence-corrected chi connectivity index (χ3v) is 8.03. The van der Waals surface area contributed by atoms with Crippen LogP contribution in [0.1, 0.15) is 80.6 Å². The van der Waals surface area contributed by atoms with Crippen molar-refractivity contribution >= 4 is 6.09 Å². The lowest BCUT2D eigenvalue weighted by Gasteiger charge is -2.41. The monoisotopic (exact) mass is 512 g/mol. The van der Waals surface area contributed by atoms with Crippen LogP contribution in [0.15, 0.2) is 24.4 Å². The molecule has 0 spiro atoms. The van der Waals surface area contributed by atoms with Crippen LogP contribution in [-0.2, 0) is 15.9 Å². The molecule has 198 valence electrons. The molecule has 9 heteroatoms. The van der Waals surface area contributed by atoms with E-state index in [0.717, 1.165) is 43.5 Å². The third kappa shape index (κ3) is 5.08. The fourth-order valence-corrected chi connectivity index (χ4v) is 6.17. The molecule has 7 nitrogen and oxygen atoms in total. The van der Waals surface area contributed by atoms with Crippen LogP contribution in [0.4, 0.5) is 13.6 Å². The molecule has 5 atom stereocenters. The molecule has 0 radical (unpaired) electrons. The van der Waals surface area contributed by atoms with Crippen LogP contribution in [0.5, 0.6) is 0 Å². The highest BCUT2D eigenvalue weighted by atomic mass is 19.1. The van der Waals surface area contributed by atoms with Crippen molar-refractivity contribution in [1.82, 2.24) is 20.2 Å². The molecule has 4 aliphatic rings. The highest BCUT2D eigenvalue weighted by Crippen LogP contribution is 2.45. The number of hydrogen-bond acceptors (Lipinski definition) is 6. The number of likely N-dealkylation sites (tertiary alicyclic amines) is 1. The summed E-state index contributed by atoms with van der Waals surface area (Å²) in [5.74, 6) is 1.32. The first-order chi connectivity index (χ1) is 17.6. The van der Waals surface area contributed by atoms with E-state index >= 15 is 0 Å². The fourth-order valence-electron chi connectivity index (χ4n) is 6.17. The van der Waals surface area contributed by atoms with E-state index in [-0.39, 0.29) is 11.6 Å². The number of carbonyl (C=O) groups excluding carboxylic acids is 1. The predicted octanol–water partition coefficient (Wildman–Crippen LogP) is 4.63. The third-order valence-electron chi connectivity index (χ3n) is 8.03. The largest absolute Gasteiger partial charge is 0.444 e. The molecule has 1 aromatic carbocycles. The minimum atomic E-state index is -0.809. The summed E-state index contributed by atoms with van der Waals surface area (Å²) < 4.78 is 40.3. The zero-order valence-corrected chi connectivity index (χ0v) is 21.5. The van der Waals surface area contributed by atoms with E-state index in [0.29, 0.717) is 30.8 Å².